The molecule has 0 saturated carbocycles. The molecule has 4 rings (SSSR count). The van der Waals surface area contributed by atoms with Gasteiger partial charge in [-0.1, -0.05) is 52.3 Å². The zero-order valence-electron chi connectivity index (χ0n) is 15.3. The quantitative estimate of drug-likeness (QED) is 0.401. The van der Waals surface area contributed by atoms with Crippen LogP contribution >= 0.6 is 15.9 Å². The molecule has 0 bridgehead atoms. The average Bonchev–Trinajstić information content (AvgIpc) is 3.06. The fraction of sp³-hybridized carbons (Fsp3) is 0.174. The van der Waals surface area contributed by atoms with Crippen LogP contribution in [-0.4, -0.2) is 11.7 Å². The second-order valence-electron chi connectivity index (χ2n) is 6.65. The number of imidazole rings is 1. The Bertz CT molecular complexity index is 1040. The molecule has 1 aromatic heterocycles. The summed E-state index contributed by atoms with van der Waals surface area (Å²) in [7, 11) is 1.70. The first-order valence-electron chi connectivity index (χ1n) is 9.07. The Morgan fingerprint density at radius 3 is 2.33 bits per heavy atom. The van der Waals surface area contributed by atoms with Gasteiger partial charge in [-0.3, -0.25) is 0 Å². The highest BCUT2D eigenvalue weighted by Crippen LogP contribution is 2.16. The van der Waals surface area contributed by atoms with Crippen LogP contribution in [0.25, 0.3) is 11.0 Å². The van der Waals surface area contributed by atoms with E-state index in [1.807, 2.05) is 12.1 Å². The van der Waals surface area contributed by atoms with E-state index in [1.54, 1.807) is 7.11 Å². The lowest BCUT2D eigenvalue weighted by molar-refractivity contribution is -0.663. The van der Waals surface area contributed by atoms with Crippen molar-refractivity contribution < 1.29 is 9.30 Å². The number of para-hydroxylation sites is 2. The van der Waals surface area contributed by atoms with Crippen molar-refractivity contribution in [2.75, 3.05) is 7.11 Å². The molecule has 0 aliphatic carbocycles. The van der Waals surface area contributed by atoms with Crippen LogP contribution in [0.15, 0.2) is 83.6 Å². The van der Waals surface area contributed by atoms with E-state index >= 15 is 0 Å². The molecule has 0 radical (unpaired) electrons. The molecular formula is C23H22BrN2O+. The van der Waals surface area contributed by atoms with Gasteiger partial charge in [-0.05, 0) is 47.5 Å². The number of methoxy groups -OCH3 is 1. The summed E-state index contributed by atoms with van der Waals surface area (Å²) >= 11 is 3.51. The second kappa shape index (κ2) is 7.97. The summed E-state index contributed by atoms with van der Waals surface area (Å²) in [5.41, 5.74) is 5.13. The first kappa shape index (κ1) is 17.8. The Kier molecular flexibility index (Phi) is 5.26. The minimum Gasteiger partial charge on any atom is -0.497 e. The van der Waals surface area contributed by atoms with Crippen molar-refractivity contribution >= 4 is 27.0 Å². The smallest absolute Gasteiger partial charge is 0.245 e. The highest BCUT2D eigenvalue weighted by Gasteiger charge is 2.15. The van der Waals surface area contributed by atoms with Gasteiger partial charge in [0.25, 0.3) is 0 Å². The predicted octanol–water partition coefficient (Wildman–Crippen LogP) is 4.99. The van der Waals surface area contributed by atoms with Crippen LogP contribution < -0.4 is 9.30 Å². The molecule has 1 heterocycles. The van der Waals surface area contributed by atoms with Crippen molar-refractivity contribution in [2.24, 2.45) is 0 Å². The molecule has 27 heavy (non-hydrogen) atoms. The van der Waals surface area contributed by atoms with Crippen molar-refractivity contribution in [3.63, 3.8) is 0 Å². The molecule has 0 N–H and O–H groups in total. The van der Waals surface area contributed by atoms with E-state index in [0.717, 1.165) is 29.7 Å². The molecule has 0 unspecified atom stereocenters. The van der Waals surface area contributed by atoms with E-state index in [-0.39, 0.29) is 0 Å². The third-order valence-electron chi connectivity index (χ3n) is 4.85. The maximum atomic E-state index is 5.25. The Labute approximate surface area is 168 Å². The van der Waals surface area contributed by atoms with Gasteiger partial charge in [0, 0.05) is 10.9 Å². The number of aromatic nitrogens is 2. The average molecular weight is 422 g/mol. The van der Waals surface area contributed by atoms with Crippen LogP contribution in [-0.2, 0) is 19.5 Å². The van der Waals surface area contributed by atoms with Crippen molar-refractivity contribution in [1.29, 1.82) is 0 Å². The summed E-state index contributed by atoms with van der Waals surface area (Å²) in [6.07, 6.45) is 3.22. The van der Waals surface area contributed by atoms with E-state index in [1.165, 1.54) is 22.2 Å². The molecule has 0 spiro atoms. The molecule has 0 aliphatic heterocycles. The number of ether oxygens (including phenoxy) is 1. The van der Waals surface area contributed by atoms with Gasteiger partial charge in [-0.15, -0.1) is 0 Å². The minimum absolute atomic E-state index is 0.864. The van der Waals surface area contributed by atoms with E-state index in [9.17, 15) is 0 Å². The Morgan fingerprint density at radius 1 is 0.889 bits per heavy atom. The Hall–Kier alpha value is -2.59. The zero-order valence-corrected chi connectivity index (χ0v) is 16.9. The molecule has 0 amide bonds. The minimum atomic E-state index is 0.864. The Morgan fingerprint density at radius 2 is 1.59 bits per heavy atom. The number of rotatable bonds is 6. The molecule has 4 heteroatoms. The summed E-state index contributed by atoms with van der Waals surface area (Å²) in [6, 6.07) is 25.5. The van der Waals surface area contributed by atoms with Gasteiger partial charge in [-0.2, -0.15) is 0 Å². The monoisotopic (exact) mass is 421 g/mol. The number of hydrogen-bond donors (Lipinski definition) is 0. The van der Waals surface area contributed by atoms with Gasteiger partial charge < -0.3 is 4.74 Å². The fourth-order valence-electron chi connectivity index (χ4n) is 3.38. The number of hydrogen-bond acceptors (Lipinski definition) is 1. The zero-order chi connectivity index (χ0) is 18.6. The van der Waals surface area contributed by atoms with Crippen LogP contribution in [0.3, 0.4) is 0 Å². The van der Waals surface area contributed by atoms with Gasteiger partial charge in [0.2, 0.25) is 6.33 Å². The maximum Gasteiger partial charge on any atom is 0.245 e. The summed E-state index contributed by atoms with van der Waals surface area (Å²) in [5.74, 6) is 0.900. The molecule has 3 aromatic carbocycles. The molecule has 3 nitrogen and oxygen atoms in total. The number of nitrogens with zero attached hydrogens (tertiary/aromatic N) is 2. The Balaban J connectivity index is 1.58. The molecule has 136 valence electrons. The number of fused-ring (bicyclic) bond motifs is 1. The van der Waals surface area contributed by atoms with E-state index in [4.69, 9.17) is 4.74 Å². The number of halogens is 1. The van der Waals surface area contributed by atoms with Crippen LogP contribution in [0.5, 0.6) is 5.75 Å². The SMILES string of the molecule is COc1ccc(CCn2c[n+](Cc3ccc(Br)cc3)c3ccccc32)cc1. The topological polar surface area (TPSA) is 18.0 Å². The summed E-state index contributed by atoms with van der Waals surface area (Å²) < 4.78 is 11.0. The van der Waals surface area contributed by atoms with Gasteiger partial charge in [0.1, 0.15) is 12.3 Å². The van der Waals surface area contributed by atoms with E-state index < -0.39 is 0 Å². The van der Waals surface area contributed by atoms with Crippen molar-refractivity contribution in [2.45, 2.75) is 19.5 Å². The van der Waals surface area contributed by atoms with Gasteiger partial charge in [0.15, 0.2) is 11.0 Å². The fourth-order valence-corrected chi connectivity index (χ4v) is 3.64. The number of benzene rings is 3. The first-order valence-corrected chi connectivity index (χ1v) is 9.87. The third-order valence-corrected chi connectivity index (χ3v) is 5.37. The van der Waals surface area contributed by atoms with Crippen LogP contribution in [0, 0.1) is 0 Å². The summed E-state index contributed by atoms with van der Waals surface area (Å²) in [6.45, 7) is 1.81. The number of aryl methyl sites for hydroxylation is 2. The van der Waals surface area contributed by atoms with Crippen molar-refractivity contribution in [1.82, 2.24) is 4.57 Å². The van der Waals surface area contributed by atoms with E-state index in [0.29, 0.717) is 0 Å². The van der Waals surface area contributed by atoms with Gasteiger partial charge >= 0.3 is 0 Å². The summed E-state index contributed by atoms with van der Waals surface area (Å²) in [5, 5.41) is 0. The molecular weight excluding hydrogens is 400 g/mol. The lowest BCUT2D eigenvalue weighted by Gasteiger charge is -2.02. The normalized spacial score (nSPS) is 11.0. The van der Waals surface area contributed by atoms with Crippen LogP contribution in [0.4, 0.5) is 0 Å². The lowest BCUT2D eigenvalue weighted by atomic mass is 10.1. The van der Waals surface area contributed by atoms with Crippen molar-refractivity contribution in [3.05, 3.63) is 94.7 Å². The second-order valence-corrected chi connectivity index (χ2v) is 7.57. The largest absolute Gasteiger partial charge is 0.497 e. The highest BCUT2D eigenvalue weighted by molar-refractivity contribution is 9.10. The first-order chi connectivity index (χ1) is 13.2. The van der Waals surface area contributed by atoms with Crippen LogP contribution in [0.2, 0.25) is 0 Å². The molecule has 0 saturated heterocycles. The van der Waals surface area contributed by atoms with Crippen molar-refractivity contribution in [3.8, 4) is 5.75 Å². The van der Waals surface area contributed by atoms with Gasteiger partial charge in [-0.25, -0.2) is 9.13 Å². The predicted molar refractivity (Wildman–Crippen MR) is 112 cm³/mol. The van der Waals surface area contributed by atoms with Crippen LogP contribution in [0.1, 0.15) is 11.1 Å². The summed E-state index contributed by atoms with van der Waals surface area (Å²) in [4.78, 5) is 0. The molecule has 0 fully saturated rings. The molecule has 0 aliphatic rings. The lowest BCUT2D eigenvalue weighted by Crippen LogP contribution is -2.32. The maximum absolute atomic E-state index is 5.25. The van der Waals surface area contributed by atoms with E-state index in [2.05, 4.69) is 92.1 Å². The van der Waals surface area contributed by atoms with Gasteiger partial charge in [0.05, 0.1) is 13.7 Å². The standard InChI is InChI=1S/C23H22BrN2O/c1-27-21-12-8-18(9-13-21)14-15-25-17-26(23-5-3-2-4-22(23)25)16-19-6-10-20(24)11-7-19/h2-13,17H,14-16H2,1H3/q+1. The molecule has 4 aromatic rings. The third kappa shape index (κ3) is 4.06. The highest BCUT2D eigenvalue weighted by atomic mass is 79.9. The molecule has 0 atom stereocenters.